The van der Waals surface area contributed by atoms with E-state index in [0.717, 1.165) is 74.5 Å². The van der Waals surface area contributed by atoms with Crippen LogP contribution in [0.5, 0.6) is 0 Å². The summed E-state index contributed by atoms with van der Waals surface area (Å²) in [5.74, 6) is 1.11. The quantitative estimate of drug-likeness (QED) is 0.518. The van der Waals surface area contributed by atoms with Gasteiger partial charge < -0.3 is 24.4 Å². The molecule has 3 aromatic heterocycles. The zero-order chi connectivity index (χ0) is 23.3. The lowest BCUT2D eigenvalue weighted by atomic mass is 9.97. The molecule has 5 rings (SSSR count). The number of hydrogen-bond donors (Lipinski definition) is 1. The van der Waals surface area contributed by atoms with E-state index in [9.17, 15) is 4.79 Å². The van der Waals surface area contributed by atoms with Gasteiger partial charge in [-0.3, -0.25) is 4.79 Å². The molecule has 0 aromatic carbocycles. The summed E-state index contributed by atoms with van der Waals surface area (Å²) in [6.45, 7) is 11.5. The second-order valence-electron chi connectivity index (χ2n) is 9.66. The Morgan fingerprint density at radius 2 is 1.85 bits per heavy atom. The number of carbonyl (C=O) groups is 1. The average Bonchev–Trinajstić information content (AvgIpc) is 3.38. The molecule has 2 saturated heterocycles. The maximum Gasteiger partial charge on any atom is 0.224 e. The van der Waals surface area contributed by atoms with Crippen LogP contribution < -0.4 is 10.2 Å². The van der Waals surface area contributed by atoms with Crippen molar-refractivity contribution in [3.05, 3.63) is 36.7 Å². The molecule has 34 heavy (non-hydrogen) atoms. The Balaban J connectivity index is 1.14. The Kier molecular flexibility index (Phi) is 7.25. The highest BCUT2D eigenvalue weighted by atomic mass is 16.1. The second-order valence-corrected chi connectivity index (χ2v) is 9.66. The fourth-order valence-electron chi connectivity index (χ4n) is 5.42. The van der Waals surface area contributed by atoms with E-state index in [1.54, 1.807) is 6.20 Å². The molecule has 1 atom stereocenters. The molecule has 2 aliphatic rings. The summed E-state index contributed by atoms with van der Waals surface area (Å²) in [5, 5.41) is 3.21. The molecule has 0 radical (unpaired) electrons. The van der Waals surface area contributed by atoms with Crippen molar-refractivity contribution < 1.29 is 4.79 Å². The van der Waals surface area contributed by atoms with Gasteiger partial charge in [-0.05, 0) is 63.0 Å². The average molecular weight is 464 g/mol. The Hall–Kier alpha value is -2.71. The van der Waals surface area contributed by atoms with E-state index in [1.807, 2.05) is 18.2 Å². The SMILES string of the molecule is CCCN1CCN(CCCNC(=O)[C@@H]2CCCN(c3nc4ncccc4n4cccc34)C2)CC1. The highest BCUT2D eigenvalue weighted by Gasteiger charge is 2.28. The van der Waals surface area contributed by atoms with Gasteiger partial charge in [0, 0.05) is 58.2 Å². The van der Waals surface area contributed by atoms with Crippen LogP contribution in [0.4, 0.5) is 5.82 Å². The molecule has 2 aliphatic heterocycles. The first-order valence-electron chi connectivity index (χ1n) is 12.9. The zero-order valence-corrected chi connectivity index (χ0v) is 20.3. The van der Waals surface area contributed by atoms with E-state index in [2.05, 4.69) is 48.6 Å². The number of nitrogens with zero attached hydrogens (tertiary/aromatic N) is 6. The molecule has 8 nitrogen and oxygen atoms in total. The third-order valence-electron chi connectivity index (χ3n) is 7.26. The first-order chi connectivity index (χ1) is 16.7. The minimum atomic E-state index is 0.00239. The van der Waals surface area contributed by atoms with E-state index in [1.165, 1.54) is 26.1 Å². The molecule has 182 valence electrons. The summed E-state index contributed by atoms with van der Waals surface area (Å²) >= 11 is 0. The maximum atomic E-state index is 13.0. The molecular formula is C26H37N7O. The van der Waals surface area contributed by atoms with E-state index >= 15 is 0 Å². The van der Waals surface area contributed by atoms with Crippen LogP contribution in [0.25, 0.3) is 16.7 Å². The number of fused-ring (bicyclic) bond motifs is 3. The third-order valence-corrected chi connectivity index (χ3v) is 7.26. The van der Waals surface area contributed by atoms with Gasteiger partial charge in [0.05, 0.1) is 17.0 Å². The minimum absolute atomic E-state index is 0.00239. The molecule has 3 aromatic rings. The smallest absolute Gasteiger partial charge is 0.224 e. The zero-order valence-electron chi connectivity index (χ0n) is 20.3. The first-order valence-corrected chi connectivity index (χ1v) is 12.9. The maximum absolute atomic E-state index is 13.0. The van der Waals surface area contributed by atoms with Crippen molar-refractivity contribution >= 4 is 28.4 Å². The van der Waals surface area contributed by atoms with Crippen LogP contribution in [-0.4, -0.2) is 89.0 Å². The van der Waals surface area contributed by atoms with Crippen molar-refractivity contribution in [2.24, 2.45) is 5.92 Å². The number of carbonyl (C=O) groups excluding carboxylic acids is 1. The number of piperazine rings is 1. The van der Waals surface area contributed by atoms with Gasteiger partial charge in [0.25, 0.3) is 0 Å². The van der Waals surface area contributed by atoms with Gasteiger partial charge in [0.2, 0.25) is 5.91 Å². The largest absolute Gasteiger partial charge is 0.356 e. The Morgan fingerprint density at radius 1 is 1.06 bits per heavy atom. The standard InChI is InChI=1S/C26H37N7O/c1-2-12-30-16-18-31(19-17-30)13-6-11-28-26(34)21-7-4-14-32(20-21)25-23-9-5-15-33(23)22-8-3-10-27-24(22)29-25/h3,5,8-10,15,21H,2,4,6-7,11-14,16-20H2,1H3,(H,28,34)/t21-/m1/s1. The highest BCUT2D eigenvalue weighted by molar-refractivity contribution is 5.84. The fourth-order valence-corrected chi connectivity index (χ4v) is 5.42. The van der Waals surface area contributed by atoms with Crippen molar-refractivity contribution in [2.75, 3.05) is 63.8 Å². The van der Waals surface area contributed by atoms with Gasteiger partial charge >= 0.3 is 0 Å². The molecule has 0 bridgehead atoms. The Morgan fingerprint density at radius 3 is 2.68 bits per heavy atom. The van der Waals surface area contributed by atoms with Crippen molar-refractivity contribution in [3.8, 4) is 0 Å². The van der Waals surface area contributed by atoms with Crippen LogP contribution >= 0.6 is 0 Å². The number of rotatable bonds is 8. The number of anilines is 1. The molecule has 0 unspecified atom stereocenters. The summed E-state index contributed by atoms with van der Waals surface area (Å²) in [6.07, 6.45) is 8.02. The van der Waals surface area contributed by atoms with Crippen LogP contribution in [0.15, 0.2) is 36.7 Å². The molecule has 0 spiro atoms. The molecule has 1 N–H and O–H groups in total. The highest BCUT2D eigenvalue weighted by Crippen LogP contribution is 2.28. The predicted molar refractivity (Wildman–Crippen MR) is 136 cm³/mol. The van der Waals surface area contributed by atoms with Crippen molar-refractivity contribution in [3.63, 3.8) is 0 Å². The molecule has 0 saturated carbocycles. The first kappa shape index (κ1) is 23.1. The van der Waals surface area contributed by atoms with Gasteiger partial charge in [-0.2, -0.15) is 0 Å². The van der Waals surface area contributed by atoms with Crippen molar-refractivity contribution in [1.82, 2.24) is 29.5 Å². The summed E-state index contributed by atoms with van der Waals surface area (Å²) < 4.78 is 2.15. The summed E-state index contributed by atoms with van der Waals surface area (Å²) in [5.41, 5.74) is 2.81. The monoisotopic (exact) mass is 463 g/mol. The number of nitrogens with one attached hydrogen (secondary N) is 1. The van der Waals surface area contributed by atoms with Crippen LogP contribution in [-0.2, 0) is 4.79 Å². The van der Waals surface area contributed by atoms with Crippen molar-refractivity contribution in [2.45, 2.75) is 32.6 Å². The number of pyridine rings is 1. The van der Waals surface area contributed by atoms with Gasteiger partial charge in [0.1, 0.15) is 0 Å². The minimum Gasteiger partial charge on any atom is -0.356 e. The molecule has 2 fully saturated rings. The third kappa shape index (κ3) is 5.03. The van der Waals surface area contributed by atoms with E-state index in [-0.39, 0.29) is 11.8 Å². The van der Waals surface area contributed by atoms with Gasteiger partial charge in [-0.25, -0.2) is 9.97 Å². The summed E-state index contributed by atoms with van der Waals surface area (Å²) in [4.78, 5) is 29.7. The van der Waals surface area contributed by atoms with E-state index in [0.29, 0.717) is 6.54 Å². The second kappa shape index (κ2) is 10.7. The normalized spacial score (nSPS) is 20.3. The Bertz CT molecular complexity index is 1100. The van der Waals surface area contributed by atoms with Gasteiger partial charge in [-0.15, -0.1) is 0 Å². The van der Waals surface area contributed by atoms with Crippen LogP contribution in [0.3, 0.4) is 0 Å². The topological polar surface area (TPSA) is 69.0 Å². The molecular weight excluding hydrogens is 426 g/mol. The van der Waals surface area contributed by atoms with E-state index in [4.69, 9.17) is 4.98 Å². The van der Waals surface area contributed by atoms with Crippen molar-refractivity contribution in [1.29, 1.82) is 0 Å². The lowest BCUT2D eigenvalue weighted by Gasteiger charge is -2.34. The lowest BCUT2D eigenvalue weighted by Crippen LogP contribution is -2.47. The van der Waals surface area contributed by atoms with Crippen LogP contribution in [0.2, 0.25) is 0 Å². The van der Waals surface area contributed by atoms with Crippen LogP contribution in [0, 0.1) is 5.92 Å². The van der Waals surface area contributed by atoms with Gasteiger partial charge in [-0.1, -0.05) is 6.92 Å². The van der Waals surface area contributed by atoms with Crippen LogP contribution in [0.1, 0.15) is 32.6 Å². The Labute approximate surface area is 201 Å². The number of hydrogen-bond acceptors (Lipinski definition) is 6. The van der Waals surface area contributed by atoms with Gasteiger partial charge in [0.15, 0.2) is 11.5 Å². The number of amides is 1. The fraction of sp³-hybridized carbons (Fsp3) is 0.577. The predicted octanol–water partition coefficient (Wildman–Crippen LogP) is 2.63. The summed E-state index contributed by atoms with van der Waals surface area (Å²) in [7, 11) is 0. The molecule has 5 heterocycles. The number of piperidine rings is 1. The molecule has 0 aliphatic carbocycles. The lowest BCUT2D eigenvalue weighted by molar-refractivity contribution is -0.125. The number of aromatic nitrogens is 3. The molecule has 8 heteroatoms. The van der Waals surface area contributed by atoms with E-state index < -0.39 is 0 Å². The summed E-state index contributed by atoms with van der Waals surface area (Å²) in [6, 6.07) is 8.13. The molecule has 1 amide bonds.